The molecule has 0 aliphatic heterocycles. The summed E-state index contributed by atoms with van der Waals surface area (Å²) in [4.78, 5) is 0. The first-order valence-corrected chi connectivity index (χ1v) is 5.33. The van der Waals surface area contributed by atoms with E-state index in [1.165, 1.54) is 18.2 Å². The summed E-state index contributed by atoms with van der Waals surface area (Å²) in [6.45, 7) is 7.25. The van der Waals surface area contributed by atoms with E-state index < -0.39 is 11.6 Å². The topological polar surface area (TPSA) is 24.1 Å². The number of rotatable bonds is 4. The molecule has 0 unspecified atom stereocenters. The molecule has 1 aromatic rings. The van der Waals surface area contributed by atoms with Gasteiger partial charge in [0, 0.05) is 18.6 Å². The van der Waals surface area contributed by atoms with E-state index in [2.05, 4.69) is 10.6 Å². The average Bonchev–Trinajstić information content (AvgIpc) is 2.14. The smallest absolute Gasteiger partial charge is 0.149 e. The van der Waals surface area contributed by atoms with Gasteiger partial charge in [0.25, 0.3) is 0 Å². The molecule has 0 saturated carbocycles. The molecule has 90 valence electrons. The standard InChI is InChI=1S/C12H18F2N2/c1-12(2,3)16-8-7-15-11-9(13)5-4-6-10(11)14/h4-6,15-16H,7-8H2,1-3H3. The van der Waals surface area contributed by atoms with Crippen molar-refractivity contribution in [1.82, 2.24) is 5.32 Å². The van der Waals surface area contributed by atoms with Crippen LogP contribution in [0.2, 0.25) is 0 Å². The van der Waals surface area contributed by atoms with Crippen molar-refractivity contribution in [2.24, 2.45) is 0 Å². The minimum atomic E-state index is -0.559. The summed E-state index contributed by atoms with van der Waals surface area (Å²) < 4.78 is 26.4. The molecule has 0 radical (unpaired) electrons. The zero-order valence-electron chi connectivity index (χ0n) is 9.90. The van der Waals surface area contributed by atoms with E-state index in [4.69, 9.17) is 0 Å². The molecule has 0 spiro atoms. The summed E-state index contributed by atoms with van der Waals surface area (Å²) >= 11 is 0. The molecule has 0 amide bonds. The molecule has 0 aromatic heterocycles. The summed E-state index contributed by atoms with van der Waals surface area (Å²) in [6.07, 6.45) is 0. The van der Waals surface area contributed by atoms with Gasteiger partial charge in [0.2, 0.25) is 0 Å². The van der Waals surface area contributed by atoms with Crippen LogP contribution < -0.4 is 10.6 Å². The van der Waals surface area contributed by atoms with E-state index in [0.717, 1.165) is 0 Å². The highest BCUT2D eigenvalue weighted by molar-refractivity contribution is 5.45. The van der Waals surface area contributed by atoms with E-state index in [-0.39, 0.29) is 11.2 Å². The first-order chi connectivity index (χ1) is 7.40. The Morgan fingerprint density at radius 3 is 2.12 bits per heavy atom. The molecule has 0 heterocycles. The first-order valence-electron chi connectivity index (χ1n) is 5.33. The van der Waals surface area contributed by atoms with Gasteiger partial charge in [-0.3, -0.25) is 0 Å². The largest absolute Gasteiger partial charge is 0.379 e. The van der Waals surface area contributed by atoms with Crippen molar-refractivity contribution in [3.63, 3.8) is 0 Å². The minimum Gasteiger partial charge on any atom is -0.379 e. The van der Waals surface area contributed by atoms with Gasteiger partial charge >= 0.3 is 0 Å². The lowest BCUT2D eigenvalue weighted by Gasteiger charge is -2.20. The zero-order valence-corrected chi connectivity index (χ0v) is 9.90. The quantitative estimate of drug-likeness (QED) is 0.774. The summed E-state index contributed by atoms with van der Waals surface area (Å²) in [6, 6.07) is 3.83. The number of benzene rings is 1. The van der Waals surface area contributed by atoms with Gasteiger partial charge < -0.3 is 10.6 Å². The summed E-state index contributed by atoms with van der Waals surface area (Å²) in [5, 5.41) is 5.96. The van der Waals surface area contributed by atoms with Crippen LogP contribution in [0.4, 0.5) is 14.5 Å². The van der Waals surface area contributed by atoms with Gasteiger partial charge in [-0.15, -0.1) is 0 Å². The monoisotopic (exact) mass is 228 g/mol. The molecular weight excluding hydrogens is 210 g/mol. The fourth-order valence-electron chi connectivity index (χ4n) is 1.29. The fraction of sp³-hybridized carbons (Fsp3) is 0.500. The normalized spacial score (nSPS) is 11.6. The van der Waals surface area contributed by atoms with Gasteiger partial charge in [-0.2, -0.15) is 0 Å². The molecule has 4 heteroatoms. The van der Waals surface area contributed by atoms with Crippen LogP contribution in [-0.2, 0) is 0 Å². The molecule has 0 atom stereocenters. The molecule has 0 aliphatic carbocycles. The van der Waals surface area contributed by atoms with Crippen LogP contribution in [0.5, 0.6) is 0 Å². The van der Waals surface area contributed by atoms with Crippen molar-refractivity contribution in [2.45, 2.75) is 26.3 Å². The third-order valence-electron chi connectivity index (χ3n) is 2.04. The molecule has 1 rings (SSSR count). The van der Waals surface area contributed by atoms with E-state index in [1.54, 1.807) is 0 Å². The average molecular weight is 228 g/mol. The Balaban J connectivity index is 2.43. The Morgan fingerprint density at radius 2 is 1.62 bits per heavy atom. The van der Waals surface area contributed by atoms with Gasteiger partial charge in [-0.05, 0) is 32.9 Å². The Morgan fingerprint density at radius 1 is 1.06 bits per heavy atom. The second-order valence-electron chi connectivity index (χ2n) is 4.70. The highest BCUT2D eigenvalue weighted by atomic mass is 19.1. The molecule has 2 N–H and O–H groups in total. The molecule has 0 aliphatic rings. The molecule has 0 saturated heterocycles. The lowest BCUT2D eigenvalue weighted by Crippen LogP contribution is -2.38. The zero-order chi connectivity index (χ0) is 12.2. The van der Waals surface area contributed by atoms with Crippen molar-refractivity contribution in [3.05, 3.63) is 29.8 Å². The molecular formula is C12H18F2N2. The van der Waals surface area contributed by atoms with Crippen molar-refractivity contribution in [1.29, 1.82) is 0 Å². The van der Waals surface area contributed by atoms with Gasteiger partial charge in [-0.1, -0.05) is 6.07 Å². The third kappa shape index (κ3) is 4.14. The predicted octanol–water partition coefficient (Wildman–Crippen LogP) is 2.76. The van der Waals surface area contributed by atoms with E-state index in [1.807, 2.05) is 20.8 Å². The lowest BCUT2D eigenvalue weighted by molar-refractivity contribution is 0.435. The second kappa shape index (κ2) is 5.25. The van der Waals surface area contributed by atoms with Crippen LogP contribution in [0, 0.1) is 11.6 Å². The fourth-order valence-corrected chi connectivity index (χ4v) is 1.29. The number of hydrogen-bond acceptors (Lipinski definition) is 2. The lowest BCUT2D eigenvalue weighted by atomic mass is 10.1. The highest BCUT2D eigenvalue weighted by Crippen LogP contribution is 2.17. The van der Waals surface area contributed by atoms with Crippen LogP contribution in [0.25, 0.3) is 0 Å². The maximum absolute atomic E-state index is 13.2. The van der Waals surface area contributed by atoms with Crippen LogP contribution in [0.15, 0.2) is 18.2 Å². The minimum absolute atomic E-state index is 0.00938. The number of hydrogen-bond donors (Lipinski definition) is 2. The van der Waals surface area contributed by atoms with Crippen molar-refractivity contribution in [2.75, 3.05) is 18.4 Å². The van der Waals surface area contributed by atoms with Crippen LogP contribution in [0.1, 0.15) is 20.8 Å². The highest BCUT2D eigenvalue weighted by Gasteiger charge is 2.09. The number of halogens is 2. The Bertz CT molecular complexity index is 325. The molecule has 0 fully saturated rings. The molecule has 1 aromatic carbocycles. The van der Waals surface area contributed by atoms with E-state index >= 15 is 0 Å². The Kier molecular flexibility index (Phi) is 4.24. The summed E-state index contributed by atoms with van der Waals surface area (Å²) in [5.41, 5.74) is -0.0478. The SMILES string of the molecule is CC(C)(C)NCCNc1c(F)cccc1F. The van der Waals surface area contributed by atoms with Gasteiger partial charge in [0.05, 0.1) is 0 Å². The third-order valence-corrected chi connectivity index (χ3v) is 2.04. The molecule has 0 bridgehead atoms. The number of para-hydroxylation sites is 1. The molecule has 16 heavy (non-hydrogen) atoms. The van der Waals surface area contributed by atoms with Crippen molar-refractivity contribution < 1.29 is 8.78 Å². The second-order valence-corrected chi connectivity index (χ2v) is 4.70. The van der Waals surface area contributed by atoms with Crippen LogP contribution in [0.3, 0.4) is 0 Å². The van der Waals surface area contributed by atoms with Gasteiger partial charge in [-0.25, -0.2) is 8.78 Å². The summed E-state index contributed by atoms with van der Waals surface area (Å²) in [7, 11) is 0. The van der Waals surface area contributed by atoms with Crippen molar-refractivity contribution in [3.8, 4) is 0 Å². The van der Waals surface area contributed by atoms with Crippen LogP contribution in [-0.4, -0.2) is 18.6 Å². The summed E-state index contributed by atoms with van der Waals surface area (Å²) in [5.74, 6) is -1.12. The maximum Gasteiger partial charge on any atom is 0.149 e. The maximum atomic E-state index is 13.2. The molecule has 2 nitrogen and oxygen atoms in total. The Labute approximate surface area is 95.1 Å². The van der Waals surface area contributed by atoms with Gasteiger partial charge in [0.15, 0.2) is 0 Å². The predicted molar refractivity (Wildman–Crippen MR) is 62.6 cm³/mol. The number of nitrogens with one attached hydrogen (secondary N) is 2. The van der Waals surface area contributed by atoms with Crippen LogP contribution >= 0.6 is 0 Å². The van der Waals surface area contributed by atoms with Crippen molar-refractivity contribution >= 4 is 5.69 Å². The van der Waals surface area contributed by atoms with E-state index in [0.29, 0.717) is 13.1 Å². The van der Waals surface area contributed by atoms with Gasteiger partial charge in [0.1, 0.15) is 17.3 Å². The number of anilines is 1. The van der Waals surface area contributed by atoms with E-state index in [9.17, 15) is 8.78 Å². The first kappa shape index (κ1) is 12.9. The Hall–Kier alpha value is -1.16.